The molecule has 5 heteroatoms. The molecule has 1 amide bonds. The summed E-state index contributed by atoms with van der Waals surface area (Å²) in [4.78, 5) is 19.9. The fraction of sp³-hybridized carbons (Fsp3) is 0.300. The Hall–Kier alpha value is -2.27. The first-order chi connectivity index (χ1) is 12.1. The van der Waals surface area contributed by atoms with Crippen LogP contribution >= 0.6 is 11.8 Å². The minimum absolute atomic E-state index is 0.0437. The van der Waals surface area contributed by atoms with Gasteiger partial charge in [-0.3, -0.25) is 4.79 Å². The van der Waals surface area contributed by atoms with Gasteiger partial charge in [-0.1, -0.05) is 48.2 Å². The lowest BCUT2D eigenvalue weighted by Gasteiger charge is -2.13. The second-order valence-electron chi connectivity index (χ2n) is 6.34. The molecule has 0 unspecified atom stereocenters. The van der Waals surface area contributed by atoms with Gasteiger partial charge in [0.05, 0.1) is 16.8 Å². The van der Waals surface area contributed by atoms with Gasteiger partial charge in [-0.25, -0.2) is 4.98 Å². The Bertz CT molecular complexity index is 845. The van der Waals surface area contributed by atoms with E-state index in [-0.39, 0.29) is 11.9 Å². The van der Waals surface area contributed by atoms with Crippen LogP contribution in [0.3, 0.4) is 0 Å². The van der Waals surface area contributed by atoms with Gasteiger partial charge in [-0.2, -0.15) is 0 Å². The zero-order chi connectivity index (χ0) is 17.6. The van der Waals surface area contributed by atoms with Crippen molar-refractivity contribution in [3.05, 3.63) is 59.7 Å². The summed E-state index contributed by atoms with van der Waals surface area (Å²) in [5.41, 5.74) is 4.44. The summed E-state index contributed by atoms with van der Waals surface area (Å²) >= 11 is 1.44. The normalized spacial score (nSPS) is 12.2. The summed E-state index contributed by atoms with van der Waals surface area (Å²) in [7, 11) is 0. The number of amides is 1. The molecule has 0 fully saturated rings. The second kappa shape index (κ2) is 8.21. The van der Waals surface area contributed by atoms with E-state index >= 15 is 0 Å². The lowest BCUT2D eigenvalue weighted by Crippen LogP contribution is -2.34. The third-order valence-corrected chi connectivity index (χ3v) is 4.95. The number of benzene rings is 2. The number of H-pyrrole nitrogens is 1. The van der Waals surface area contributed by atoms with Crippen molar-refractivity contribution in [3.63, 3.8) is 0 Å². The Labute approximate surface area is 152 Å². The van der Waals surface area contributed by atoms with E-state index in [1.807, 2.05) is 30.3 Å². The number of nitrogens with zero attached hydrogens (tertiary/aromatic N) is 1. The van der Waals surface area contributed by atoms with E-state index in [0.29, 0.717) is 5.75 Å². The number of nitrogens with one attached hydrogen (secondary N) is 2. The largest absolute Gasteiger partial charge is 0.353 e. The Balaban J connectivity index is 1.45. The minimum Gasteiger partial charge on any atom is -0.353 e. The number of aromatic nitrogens is 2. The predicted molar refractivity (Wildman–Crippen MR) is 104 cm³/mol. The first-order valence-corrected chi connectivity index (χ1v) is 9.51. The molecule has 0 saturated carbocycles. The van der Waals surface area contributed by atoms with E-state index < -0.39 is 0 Å². The molecule has 2 N–H and O–H groups in total. The zero-order valence-electron chi connectivity index (χ0n) is 14.6. The van der Waals surface area contributed by atoms with Gasteiger partial charge in [0.15, 0.2) is 5.16 Å². The minimum atomic E-state index is 0.0437. The summed E-state index contributed by atoms with van der Waals surface area (Å²) < 4.78 is 0. The van der Waals surface area contributed by atoms with Gasteiger partial charge in [-0.05, 0) is 49.9 Å². The highest BCUT2D eigenvalue weighted by Gasteiger charge is 2.10. The number of hydrogen-bond acceptors (Lipinski definition) is 3. The van der Waals surface area contributed by atoms with Crippen LogP contribution in [0.4, 0.5) is 0 Å². The van der Waals surface area contributed by atoms with Crippen molar-refractivity contribution in [2.75, 3.05) is 5.75 Å². The molecule has 130 valence electrons. The van der Waals surface area contributed by atoms with E-state index in [9.17, 15) is 4.79 Å². The van der Waals surface area contributed by atoms with Crippen molar-refractivity contribution >= 4 is 28.7 Å². The maximum absolute atomic E-state index is 12.1. The first kappa shape index (κ1) is 17.5. The highest BCUT2D eigenvalue weighted by atomic mass is 32.2. The summed E-state index contributed by atoms with van der Waals surface area (Å²) in [5.74, 6) is 0.413. The number of hydrogen-bond donors (Lipinski definition) is 2. The summed E-state index contributed by atoms with van der Waals surface area (Å²) in [5, 5.41) is 3.85. The van der Waals surface area contributed by atoms with Crippen LogP contribution in [-0.2, 0) is 11.2 Å². The van der Waals surface area contributed by atoms with Crippen LogP contribution in [0.25, 0.3) is 11.0 Å². The van der Waals surface area contributed by atoms with Crippen molar-refractivity contribution in [3.8, 4) is 0 Å². The second-order valence-corrected chi connectivity index (χ2v) is 7.31. The third-order valence-electron chi connectivity index (χ3n) is 4.07. The van der Waals surface area contributed by atoms with Crippen molar-refractivity contribution in [2.24, 2.45) is 0 Å². The van der Waals surface area contributed by atoms with Gasteiger partial charge in [0, 0.05) is 6.04 Å². The van der Waals surface area contributed by atoms with Crippen LogP contribution < -0.4 is 5.32 Å². The van der Waals surface area contributed by atoms with E-state index in [2.05, 4.69) is 47.3 Å². The summed E-state index contributed by atoms with van der Waals surface area (Å²) in [6.45, 7) is 4.10. The molecule has 1 heterocycles. The number of imidazole rings is 1. The van der Waals surface area contributed by atoms with Gasteiger partial charge in [0.25, 0.3) is 0 Å². The maximum Gasteiger partial charge on any atom is 0.230 e. The summed E-state index contributed by atoms with van der Waals surface area (Å²) in [6, 6.07) is 16.6. The molecule has 0 spiro atoms. The number of thioether (sulfide) groups is 1. The molecule has 3 aromatic rings. The van der Waals surface area contributed by atoms with Gasteiger partial charge in [-0.15, -0.1) is 0 Å². The van der Waals surface area contributed by atoms with E-state index in [4.69, 9.17) is 0 Å². The smallest absolute Gasteiger partial charge is 0.230 e. The van der Waals surface area contributed by atoms with Crippen LogP contribution in [0.1, 0.15) is 24.5 Å². The van der Waals surface area contributed by atoms with E-state index in [0.717, 1.165) is 29.0 Å². The van der Waals surface area contributed by atoms with Crippen LogP contribution in [0.15, 0.2) is 53.7 Å². The third kappa shape index (κ3) is 5.10. The van der Waals surface area contributed by atoms with Gasteiger partial charge in [0.1, 0.15) is 0 Å². The van der Waals surface area contributed by atoms with E-state index in [1.165, 1.54) is 22.9 Å². The van der Waals surface area contributed by atoms with Crippen molar-refractivity contribution < 1.29 is 4.79 Å². The molecule has 0 radical (unpaired) electrons. The maximum atomic E-state index is 12.1. The molecule has 3 rings (SSSR count). The molecule has 0 aliphatic carbocycles. The molecule has 0 aliphatic heterocycles. The Morgan fingerprint density at radius 1 is 1.24 bits per heavy atom. The van der Waals surface area contributed by atoms with Gasteiger partial charge < -0.3 is 10.3 Å². The van der Waals surface area contributed by atoms with Crippen molar-refractivity contribution in [2.45, 2.75) is 37.9 Å². The number of carbonyl (C=O) groups is 1. The lowest BCUT2D eigenvalue weighted by atomic mass is 10.1. The van der Waals surface area contributed by atoms with Crippen LogP contribution in [0.2, 0.25) is 0 Å². The highest BCUT2D eigenvalue weighted by Crippen LogP contribution is 2.20. The quantitative estimate of drug-likeness (QED) is 0.629. The fourth-order valence-electron chi connectivity index (χ4n) is 2.72. The number of rotatable bonds is 7. The predicted octanol–water partition coefficient (Wildman–Crippen LogP) is 4.10. The highest BCUT2D eigenvalue weighted by molar-refractivity contribution is 7.99. The average Bonchev–Trinajstić information content (AvgIpc) is 3.01. The van der Waals surface area contributed by atoms with Gasteiger partial charge in [0.2, 0.25) is 5.91 Å². The van der Waals surface area contributed by atoms with E-state index in [1.54, 1.807) is 0 Å². The number of aromatic amines is 1. The molecule has 25 heavy (non-hydrogen) atoms. The molecule has 0 saturated heterocycles. The number of fused-ring (bicyclic) bond motifs is 1. The molecule has 2 aromatic carbocycles. The molecule has 1 aromatic heterocycles. The van der Waals surface area contributed by atoms with Crippen LogP contribution in [-0.4, -0.2) is 27.7 Å². The standard InChI is InChI=1S/C20H23N3OS/c1-14-8-11-17-18(12-14)23-20(22-17)25-13-19(24)21-15(2)9-10-16-6-4-3-5-7-16/h3-8,11-12,15H,9-10,13H2,1-2H3,(H,21,24)(H,22,23)/t15-/m1/s1. The average molecular weight is 353 g/mol. The molecular weight excluding hydrogens is 330 g/mol. The number of aryl methyl sites for hydroxylation is 2. The fourth-order valence-corrected chi connectivity index (χ4v) is 3.41. The molecule has 0 aliphatic rings. The van der Waals surface area contributed by atoms with Gasteiger partial charge >= 0.3 is 0 Å². The number of carbonyl (C=O) groups excluding carboxylic acids is 1. The lowest BCUT2D eigenvalue weighted by molar-refractivity contribution is -0.119. The molecule has 1 atom stereocenters. The van der Waals surface area contributed by atoms with Crippen LogP contribution in [0, 0.1) is 6.92 Å². The van der Waals surface area contributed by atoms with Crippen LogP contribution in [0.5, 0.6) is 0 Å². The molecular formula is C20H23N3OS. The summed E-state index contributed by atoms with van der Waals surface area (Å²) in [6.07, 6.45) is 1.91. The van der Waals surface area contributed by atoms with Crippen molar-refractivity contribution in [1.82, 2.24) is 15.3 Å². The SMILES string of the molecule is Cc1ccc2nc(SCC(=O)N[C@H](C)CCc3ccccc3)[nH]c2c1. The first-order valence-electron chi connectivity index (χ1n) is 8.52. The van der Waals surface area contributed by atoms with Crippen molar-refractivity contribution in [1.29, 1.82) is 0 Å². The Kier molecular flexibility index (Phi) is 5.76. The topological polar surface area (TPSA) is 57.8 Å². The zero-order valence-corrected chi connectivity index (χ0v) is 15.4. The molecule has 0 bridgehead atoms. The molecule has 4 nitrogen and oxygen atoms in total. The monoisotopic (exact) mass is 353 g/mol. The Morgan fingerprint density at radius 3 is 2.84 bits per heavy atom. The Morgan fingerprint density at radius 2 is 2.04 bits per heavy atom.